The fourth-order valence-corrected chi connectivity index (χ4v) is 1.62. The second-order valence-corrected chi connectivity index (χ2v) is 4.21. The van der Waals surface area contributed by atoms with E-state index in [0.717, 1.165) is 12.8 Å². The smallest absolute Gasteiger partial charge is 0.220 e. The summed E-state index contributed by atoms with van der Waals surface area (Å²) in [6.45, 7) is 9.18. The van der Waals surface area contributed by atoms with Crippen LogP contribution in [0.2, 0.25) is 0 Å². The van der Waals surface area contributed by atoms with Crippen molar-refractivity contribution in [3.05, 3.63) is 12.7 Å². The summed E-state index contributed by atoms with van der Waals surface area (Å²) in [5, 5.41) is 2.78. The first kappa shape index (κ1) is 14.2. The van der Waals surface area contributed by atoms with E-state index in [1.54, 1.807) is 6.08 Å². The predicted molar refractivity (Wildman–Crippen MR) is 64.4 cm³/mol. The van der Waals surface area contributed by atoms with E-state index >= 15 is 0 Å². The normalized spacial score (nSPS) is 12.5. The minimum absolute atomic E-state index is 0.109. The van der Waals surface area contributed by atoms with Crippen LogP contribution in [0.15, 0.2) is 12.7 Å². The van der Waals surface area contributed by atoms with E-state index in [4.69, 9.17) is 5.73 Å². The van der Waals surface area contributed by atoms with Gasteiger partial charge in [0.2, 0.25) is 5.91 Å². The van der Waals surface area contributed by atoms with E-state index in [1.165, 1.54) is 0 Å². The van der Waals surface area contributed by atoms with E-state index in [0.29, 0.717) is 31.3 Å². The highest BCUT2D eigenvalue weighted by atomic mass is 16.1. The summed E-state index contributed by atoms with van der Waals surface area (Å²) in [6.07, 6.45) is 4.22. The minimum Gasteiger partial charge on any atom is -0.353 e. The molecule has 0 aliphatic carbocycles. The molecule has 3 heteroatoms. The van der Waals surface area contributed by atoms with Gasteiger partial charge in [-0.2, -0.15) is 0 Å². The molecule has 0 aliphatic heterocycles. The number of hydrogen-bond acceptors (Lipinski definition) is 2. The van der Waals surface area contributed by atoms with Gasteiger partial charge in [0.25, 0.3) is 0 Å². The molecule has 3 N–H and O–H groups in total. The minimum atomic E-state index is 0.109. The zero-order chi connectivity index (χ0) is 11.7. The topological polar surface area (TPSA) is 55.1 Å². The van der Waals surface area contributed by atoms with E-state index < -0.39 is 0 Å². The van der Waals surface area contributed by atoms with E-state index in [-0.39, 0.29) is 5.91 Å². The van der Waals surface area contributed by atoms with Crippen molar-refractivity contribution in [3.63, 3.8) is 0 Å². The van der Waals surface area contributed by atoms with E-state index in [1.807, 2.05) is 0 Å². The lowest BCUT2D eigenvalue weighted by Crippen LogP contribution is -2.24. The number of hydrogen-bond donors (Lipinski definition) is 2. The summed E-state index contributed by atoms with van der Waals surface area (Å²) in [7, 11) is 0. The molecule has 0 aromatic carbocycles. The molecule has 0 aromatic heterocycles. The second kappa shape index (κ2) is 8.48. The Hall–Kier alpha value is -0.830. The molecule has 88 valence electrons. The lowest BCUT2D eigenvalue weighted by atomic mass is 9.88. The third-order valence-corrected chi connectivity index (χ3v) is 2.67. The SMILES string of the molecule is C=CCNC(=O)CCC(CCN)C(C)C. The first-order chi connectivity index (χ1) is 7.11. The summed E-state index contributed by atoms with van der Waals surface area (Å²) in [5.41, 5.74) is 5.54. The maximum atomic E-state index is 11.3. The number of carbonyl (C=O) groups excluding carboxylic acids is 1. The first-order valence-electron chi connectivity index (χ1n) is 5.69. The van der Waals surface area contributed by atoms with Gasteiger partial charge in [0.1, 0.15) is 0 Å². The van der Waals surface area contributed by atoms with Gasteiger partial charge < -0.3 is 11.1 Å². The molecule has 1 amide bonds. The molecule has 0 heterocycles. The largest absolute Gasteiger partial charge is 0.353 e. The summed E-state index contributed by atoms with van der Waals surface area (Å²) in [6, 6.07) is 0. The van der Waals surface area contributed by atoms with E-state index in [9.17, 15) is 4.79 Å². The van der Waals surface area contributed by atoms with Crippen LogP contribution in [-0.4, -0.2) is 19.0 Å². The van der Waals surface area contributed by atoms with Crippen molar-refractivity contribution in [1.29, 1.82) is 0 Å². The first-order valence-corrected chi connectivity index (χ1v) is 5.69. The molecular formula is C12H24N2O. The van der Waals surface area contributed by atoms with Crippen LogP contribution in [0.1, 0.15) is 33.1 Å². The summed E-state index contributed by atoms with van der Waals surface area (Å²) in [5.74, 6) is 1.27. The van der Waals surface area contributed by atoms with Crippen LogP contribution >= 0.6 is 0 Å². The van der Waals surface area contributed by atoms with Crippen LogP contribution in [0.3, 0.4) is 0 Å². The van der Waals surface area contributed by atoms with Crippen LogP contribution < -0.4 is 11.1 Å². The van der Waals surface area contributed by atoms with Crippen molar-refractivity contribution in [2.75, 3.05) is 13.1 Å². The Balaban J connectivity index is 3.77. The third kappa shape index (κ3) is 7.14. The summed E-state index contributed by atoms with van der Waals surface area (Å²) in [4.78, 5) is 11.3. The van der Waals surface area contributed by atoms with Crippen LogP contribution in [0.5, 0.6) is 0 Å². The molecule has 1 atom stereocenters. The molecule has 1 unspecified atom stereocenters. The number of rotatable bonds is 8. The molecule has 0 saturated heterocycles. The van der Waals surface area contributed by atoms with Crippen LogP contribution in [0.25, 0.3) is 0 Å². The van der Waals surface area contributed by atoms with Crippen molar-refractivity contribution < 1.29 is 4.79 Å². The van der Waals surface area contributed by atoms with Crippen molar-refractivity contribution in [2.45, 2.75) is 33.1 Å². The van der Waals surface area contributed by atoms with E-state index in [2.05, 4.69) is 25.7 Å². The van der Waals surface area contributed by atoms with Gasteiger partial charge in [-0.1, -0.05) is 19.9 Å². The van der Waals surface area contributed by atoms with Gasteiger partial charge in [-0.15, -0.1) is 6.58 Å². The Morgan fingerprint density at radius 3 is 2.60 bits per heavy atom. The summed E-state index contributed by atoms with van der Waals surface area (Å²) >= 11 is 0. The van der Waals surface area contributed by atoms with Gasteiger partial charge in [-0.05, 0) is 31.2 Å². The van der Waals surface area contributed by atoms with Gasteiger partial charge in [-0.25, -0.2) is 0 Å². The fraction of sp³-hybridized carbons (Fsp3) is 0.750. The molecule has 0 rings (SSSR count). The number of nitrogens with two attached hydrogens (primary N) is 1. The second-order valence-electron chi connectivity index (χ2n) is 4.21. The Morgan fingerprint density at radius 1 is 1.47 bits per heavy atom. The zero-order valence-electron chi connectivity index (χ0n) is 9.96. The van der Waals surface area contributed by atoms with Crippen LogP contribution in [0, 0.1) is 11.8 Å². The molecule has 0 spiro atoms. The predicted octanol–water partition coefficient (Wildman–Crippen LogP) is 1.69. The molecular weight excluding hydrogens is 188 g/mol. The Labute approximate surface area is 93.1 Å². The maximum absolute atomic E-state index is 11.3. The van der Waals surface area contributed by atoms with Gasteiger partial charge in [0.05, 0.1) is 0 Å². The molecule has 0 fully saturated rings. The Bertz CT molecular complexity index is 190. The van der Waals surface area contributed by atoms with Gasteiger partial charge in [0.15, 0.2) is 0 Å². The van der Waals surface area contributed by atoms with Gasteiger partial charge in [0, 0.05) is 13.0 Å². The highest BCUT2D eigenvalue weighted by Gasteiger charge is 2.13. The number of amides is 1. The molecule has 0 saturated carbocycles. The number of nitrogens with one attached hydrogen (secondary N) is 1. The van der Waals surface area contributed by atoms with Crippen molar-refractivity contribution in [3.8, 4) is 0 Å². The van der Waals surface area contributed by atoms with Crippen LogP contribution in [-0.2, 0) is 4.79 Å². The maximum Gasteiger partial charge on any atom is 0.220 e. The summed E-state index contributed by atoms with van der Waals surface area (Å²) < 4.78 is 0. The molecule has 15 heavy (non-hydrogen) atoms. The van der Waals surface area contributed by atoms with Gasteiger partial charge >= 0.3 is 0 Å². The Kier molecular flexibility index (Phi) is 8.01. The Morgan fingerprint density at radius 2 is 2.13 bits per heavy atom. The highest BCUT2D eigenvalue weighted by Crippen LogP contribution is 2.20. The van der Waals surface area contributed by atoms with Crippen molar-refractivity contribution >= 4 is 5.91 Å². The molecule has 3 nitrogen and oxygen atoms in total. The molecule has 0 radical (unpaired) electrons. The molecule has 0 bridgehead atoms. The van der Waals surface area contributed by atoms with Gasteiger partial charge in [-0.3, -0.25) is 4.79 Å². The average molecular weight is 212 g/mol. The molecule has 0 aromatic rings. The van der Waals surface area contributed by atoms with Crippen LogP contribution in [0.4, 0.5) is 0 Å². The third-order valence-electron chi connectivity index (χ3n) is 2.67. The monoisotopic (exact) mass is 212 g/mol. The lowest BCUT2D eigenvalue weighted by Gasteiger charge is -2.19. The fourth-order valence-electron chi connectivity index (χ4n) is 1.62. The van der Waals surface area contributed by atoms with Crippen molar-refractivity contribution in [2.24, 2.45) is 17.6 Å². The quantitative estimate of drug-likeness (QED) is 0.602. The molecule has 0 aliphatic rings. The zero-order valence-corrected chi connectivity index (χ0v) is 9.96. The lowest BCUT2D eigenvalue weighted by molar-refractivity contribution is -0.121. The average Bonchev–Trinajstić information content (AvgIpc) is 2.20. The standard InChI is InChI=1S/C12H24N2O/c1-4-9-14-12(15)6-5-11(7-8-13)10(2)3/h4,10-11H,1,5-9,13H2,2-3H3,(H,14,15). The highest BCUT2D eigenvalue weighted by molar-refractivity contribution is 5.75. The van der Waals surface area contributed by atoms with Crippen molar-refractivity contribution in [1.82, 2.24) is 5.32 Å². The number of carbonyl (C=O) groups is 1.